The molecule has 0 aliphatic carbocycles. The number of nitrogens with two attached hydrogens (primary N) is 1. The molecule has 0 aromatic heterocycles. The summed E-state index contributed by atoms with van der Waals surface area (Å²) in [7, 11) is 0. The van der Waals surface area contributed by atoms with Gasteiger partial charge in [-0.15, -0.1) is 0 Å². The van der Waals surface area contributed by atoms with Gasteiger partial charge in [0.2, 0.25) is 0 Å². The van der Waals surface area contributed by atoms with Gasteiger partial charge in [-0.25, -0.2) is 0 Å². The second-order valence-electron chi connectivity index (χ2n) is 2.93. The van der Waals surface area contributed by atoms with Crippen LogP contribution in [-0.2, 0) is 5.92 Å². The quantitative estimate of drug-likeness (QED) is 0.858. The van der Waals surface area contributed by atoms with Crippen LogP contribution in [0.3, 0.4) is 0 Å². The molecule has 0 fully saturated rings. The highest BCUT2D eigenvalue weighted by Gasteiger charge is 2.29. The zero-order chi connectivity index (χ0) is 10.1. The second-order valence-corrected chi connectivity index (χ2v) is 3.84. The molecule has 0 saturated carbocycles. The fraction of sp³-hybridized carbons (Fsp3) is 0.333. The van der Waals surface area contributed by atoms with E-state index in [4.69, 9.17) is 5.73 Å². The number of benzene rings is 1. The third-order valence-electron chi connectivity index (χ3n) is 1.72. The van der Waals surface area contributed by atoms with Gasteiger partial charge in [-0.1, -0.05) is 15.9 Å². The molecule has 0 bridgehead atoms. The SMILES string of the molecule is Cc1cc(Br)cc(C(F)(F)CN)c1. The van der Waals surface area contributed by atoms with E-state index in [1.165, 1.54) is 12.1 Å². The first-order valence-electron chi connectivity index (χ1n) is 3.81. The van der Waals surface area contributed by atoms with E-state index in [9.17, 15) is 8.78 Å². The van der Waals surface area contributed by atoms with Crippen LogP contribution in [0.1, 0.15) is 11.1 Å². The fourth-order valence-corrected chi connectivity index (χ4v) is 1.67. The fourth-order valence-electron chi connectivity index (χ4n) is 1.07. The van der Waals surface area contributed by atoms with Crippen molar-refractivity contribution in [3.05, 3.63) is 33.8 Å². The van der Waals surface area contributed by atoms with Crippen molar-refractivity contribution >= 4 is 15.9 Å². The van der Waals surface area contributed by atoms with Crippen molar-refractivity contribution in [2.24, 2.45) is 5.73 Å². The Bertz CT molecular complexity index is 292. The van der Waals surface area contributed by atoms with Gasteiger partial charge < -0.3 is 5.73 Å². The van der Waals surface area contributed by atoms with Crippen LogP contribution in [0.25, 0.3) is 0 Å². The number of rotatable bonds is 2. The van der Waals surface area contributed by atoms with Crippen molar-refractivity contribution in [1.82, 2.24) is 0 Å². The molecule has 0 saturated heterocycles. The monoisotopic (exact) mass is 249 g/mol. The van der Waals surface area contributed by atoms with E-state index in [-0.39, 0.29) is 5.56 Å². The molecule has 2 N–H and O–H groups in total. The second kappa shape index (κ2) is 3.72. The van der Waals surface area contributed by atoms with Gasteiger partial charge in [0.1, 0.15) is 0 Å². The molecule has 1 aromatic rings. The highest BCUT2D eigenvalue weighted by atomic mass is 79.9. The Morgan fingerprint density at radius 1 is 1.38 bits per heavy atom. The van der Waals surface area contributed by atoms with E-state index in [1.807, 2.05) is 0 Å². The maximum Gasteiger partial charge on any atom is 0.285 e. The predicted octanol–water partition coefficient (Wildman–Crippen LogP) is 2.81. The lowest BCUT2D eigenvalue weighted by atomic mass is 10.1. The average Bonchev–Trinajstić information content (AvgIpc) is 2.02. The normalized spacial score (nSPS) is 11.8. The zero-order valence-electron chi connectivity index (χ0n) is 7.15. The van der Waals surface area contributed by atoms with E-state index < -0.39 is 12.5 Å². The third-order valence-corrected chi connectivity index (χ3v) is 2.18. The molecular formula is C9H10BrF2N. The molecule has 1 nitrogen and oxygen atoms in total. The van der Waals surface area contributed by atoms with Gasteiger partial charge in [-0.05, 0) is 30.7 Å². The van der Waals surface area contributed by atoms with Crippen molar-refractivity contribution < 1.29 is 8.78 Å². The highest BCUT2D eigenvalue weighted by Crippen LogP contribution is 2.29. The molecule has 1 aromatic carbocycles. The lowest BCUT2D eigenvalue weighted by Crippen LogP contribution is -2.25. The molecule has 0 heterocycles. The first kappa shape index (κ1) is 10.6. The van der Waals surface area contributed by atoms with Gasteiger partial charge in [0.15, 0.2) is 0 Å². The minimum absolute atomic E-state index is 0.0399. The summed E-state index contributed by atoms with van der Waals surface area (Å²) in [6.45, 7) is 1.10. The Hall–Kier alpha value is -0.480. The Morgan fingerprint density at radius 2 is 2.00 bits per heavy atom. The molecule has 0 unspecified atom stereocenters. The molecule has 0 spiro atoms. The van der Waals surface area contributed by atoms with E-state index in [0.29, 0.717) is 4.47 Å². The molecule has 13 heavy (non-hydrogen) atoms. The van der Waals surface area contributed by atoms with Crippen molar-refractivity contribution in [3.8, 4) is 0 Å². The third kappa shape index (κ3) is 2.48. The molecule has 0 radical (unpaired) electrons. The smallest absolute Gasteiger partial charge is 0.285 e. The molecule has 0 aliphatic rings. The predicted molar refractivity (Wildman–Crippen MR) is 51.8 cm³/mol. The van der Waals surface area contributed by atoms with Gasteiger partial charge in [0.25, 0.3) is 5.92 Å². The van der Waals surface area contributed by atoms with Crippen LogP contribution >= 0.6 is 15.9 Å². The van der Waals surface area contributed by atoms with Gasteiger partial charge in [0.05, 0.1) is 6.54 Å². The molecule has 1 rings (SSSR count). The molecule has 72 valence electrons. The summed E-state index contributed by atoms with van der Waals surface area (Å²) in [6.07, 6.45) is 0. The number of alkyl halides is 2. The zero-order valence-corrected chi connectivity index (χ0v) is 8.74. The van der Waals surface area contributed by atoms with Gasteiger partial charge in [0, 0.05) is 10.0 Å². The summed E-state index contributed by atoms with van der Waals surface area (Å²) >= 11 is 3.16. The minimum Gasteiger partial charge on any atom is -0.325 e. The molecule has 0 aliphatic heterocycles. The number of aryl methyl sites for hydroxylation is 1. The molecule has 0 atom stereocenters. The molecule has 0 amide bonds. The minimum atomic E-state index is -2.94. The Morgan fingerprint density at radius 3 is 2.46 bits per heavy atom. The Labute approximate surface area is 84.1 Å². The van der Waals surface area contributed by atoms with E-state index >= 15 is 0 Å². The summed E-state index contributed by atoms with van der Waals surface area (Å²) < 4.78 is 26.8. The van der Waals surface area contributed by atoms with Crippen LogP contribution in [0.5, 0.6) is 0 Å². The van der Waals surface area contributed by atoms with Crippen molar-refractivity contribution in [2.45, 2.75) is 12.8 Å². The van der Waals surface area contributed by atoms with Crippen molar-refractivity contribution in [2.75, 3.05) is 6.54 Å². The Kier molecular flexibility index (Phi) is 3.03. The number of halogens is 3. The standard InChI is InChI=1S/C9H10BrF2N/c1-6-2-7(4-8(10)3-6)9(11,12)5-13/h2-4H,5,13H2,1H3. The van der Waals surface area contributed by atoms with Crippen LogP contribution in [0.15, 0.2) is 22.7 Å². The molecular weight excluding hydrogens is 240 g/mol. The summed E-state index contributed by atoms with van der Waals surface area (Å²) in [5.41, 5.74) is 5.72. The van der Waals surface area contributed by atoms with Crippen LogP contribution in [-0.4, -0.2) is 6.54 Å². The highest BCUT2D eigenvalue weighted by molar-refractivity contribution is 9.10. The first-order valence-corrected chi connectivity index (χ1v) is 4.60. The summed E-state index contributed by atoms with van der Waals surface area (Å²) in [6, 6.07) is 4.60. The maximum absolute atomic E-state index is 13.1. The Balaban J connectivity index is 3.15. The van der Waals surface area contributed by atoms with Crippen molar-refractivity contribution in [3.63, 3.8) is 0 Å². The van der Waals surface area contributed by atoms with Crippen LogP contribution < -0.4 is 5.73 Å². The van der Waals surface area contributed by atoms with E-state index in [0.717, 1.165) is 5.56 Å². The lowest BCUT2D eigenvalue weighted by Gasteiger charge is -2.14. The first-order chi connectivity index (χ1) is 5.95. The summed E-state index contributed by atoms with van der Waals surface area (Å²) in [4.78, 5) is 0. The summed E-state index contributed by atoms with van der Waals surface area (Å²) in [5, 5.41) is 0. The lowest BCUT2D eigenvalue weighted by molar-refractivity contribution is 0.00584. The van der Waals surface area contributed by atoms with Crippen LogP contribution in [0, 0.1) is 6.92 Å². The van der Waals surface area contributed by atoms with Gasteiger partial charge in [-0.3, -0.25) is 0 Å². The van der Waals surface area contributed by atoms with E-state index in [1.54, 1.807) is 13.0 Å². The van der Waals surface area contributed by atoms with Crippen molar-refractivity contribution in [1.29, 1.82) is 0 Å². The average molecular weight is 250 g/mol. The van der Waals surface area contributed by atoms with Crippen LogP contribution in [0.2, 0.25) is 0 Å². The number of hydrogen-bond donors (Lipinski definition) is 1. The van der Waals surface area contributed by atoms with Crippen LogP contribution in [0.4, 0.5) is 8.78 Å². The van der Waals surface area contributed by atoms with Gasteiger partial charge >= 0.3 is 0 Å². The largest absolute Gasteiger partial charge is 0.325 e. The number of hydrogen-bond acceptors (Lipinski definition) is 1. The topological polar surface area (TPSA) is 26.0 Å². The van der Waals surface area contributed by atoms with E-state index in [2.05, 4.69) is 15.9 Å². The maximum atomic E-state index is 13.1. The summed E-state index contributed by atoms with van der Waals surface area (Å²) in [5.74, 6) is -2.94. The molecule has 4 heteroatoms. The van der Waals surface area contributed by atoms with Gasteiger partial charge in [-0.2, -0.15) is 8.78 Å².